The van der Waals surface area contributed by atoms with Crippen molar-refractivity contribution in [3.05, 3.63) is 0 Å². The average molecular weight is 240 g/mol. The molecule has 2 atom stereocenters. The first-order valence-corrected chi connectivity index (χ1v) is 7.67. The van der Waals surface area contributed by atoms with Gasteiger partial charge in [0.25, 0.3) is 0 Å². The Hall–Kier alpha value is -0.0800. The summed E-state index contributed by atoms with van der Waals surface area (Å²) in [6, 6.07) is 0. The fourth-order valence-electron chi connectivity index (χ4n) is 2.75. The molecule has 2 heterocycles. The molecule has 0 spiro atoms. The summed E-state index contributed by atoms with van der Waals surface area (Å²) in [5.41, 5.74) is 0.208. The van der Waals surface area contributed by atoms with Crippen molar-refractivity contribution in [1.29, 1.82) is 0 Å². The molecule has 0 aromatic carbocycles. The van der Waals surface area contributed by atoms with Gasteiger partial charge in [-0.2, -0.15) is 0 Å². The van der Waals surface area contributed by atoms with Crippen LogP contribution < -0.4 is 0 Å². The average Bonchev–Trinajstić information content (AvgIpc) is 2.84. The second-order valence-corrected chi connectivity index (χ2v) is 5.76. The van der Waals surface area contributed by atoms with E-state index in [0.29, 0.717) is 0 Å². The van der Waals surface area contributed by atoms with Crippen LogP contribution in [0.1, 0.15) is 77.6 Å². The Bertz CT molecular complexity index is 213. The molecule has 2 saturated heterocycles. The van der Waals surface area contributed by atoms with Crippen LogP contribution in [-0.2, 0) is 9.47 Å². The number of unbranched alkanes of at least 4 members (excludes halogenated alkanes) is 9. The fraction of sp³-hybridized carbons (Fsp3) is 1.00. The van der Waals surface area contributed by atoms with E-state index in [1.165, 1.54) is 70.6 Å². The first-order chi connectivity index (χ1) is 8.37. The summed E-state index contributed by atoms with van der Waals surface area (Å²) >= 11 is 0. The molecular weight excluding hydrogens is 212 g/mol. The summed E-state index contributed by atoms with van der Waals surface area (Å²) in [5.74, 6) is 0. The number of fused-ring (bicyclic) bond motifs is 1. The predicted molar refractivity (Wildman–Crippen MR) is 70.0 cm³/mol. The lowest BCUT2D eigenvalue weighted by Crippen LogP contribution is -2.33. The van der Waals surface area contributed by atoms with Crippen LogP contribution in [0.15, 0.2) is 0 Å². The number of epoxide rings is 1. The second-order valence-electron chi connectivity index (χ2n) is 5.76. The third-order valence-corrected chi connectivity index (χ3v) is 4.15. The highest BCUT2D eigenvalue weighted by molar-refractivity contribution is 5.04. The van der Waals surface area contributed by atoms with E-state index in [4.69, 9.17) is 9.47 Å². The number of hydrogen-bond donors (Lipinski definition) is 0. The van der Waals surface area contributed by atoms with Gasteiger partial charge in [-0.25, -0.2) is 0 Å². The Morgan fingerprint density at radius 3 is 1.88 bits per heavy atom. The molecule has 2 heteroatoms. The molecule has 2 nitrogen and oxygen atoms in total. The molecule has 2 rings (SSSR count). The molecule has 0 N–H and O–H groups in total. The standard InChI is InChI=1S/C15H28O2/c1-2-3-4-5-6-7-8-9-10-11-12-15-13-16-14(15)17-15/h14H,2-13H2,1H3. The summed E-state index contributed by atoms with van der Waals surface area (Å²) in [5, 5.41) is 0. The van der Waals surface area contributed by atoms with E-state index in [1.807, 2.05) is 0 Å². The van der Waals surface area contributed by atoms with Gasteiger partial charge in [0.15, 0.2) is 6.29 Å². The van der Waals surface area contributed by atoms with E-state index >= 15 is 0 Å². The van der Waals surface area contributed by atoms with Gasteiger partial charge in [0.2, 0.25) is 0 Å². The zero-order chi connectivity index (χ0) is 12.0. The molecule has 0 aromatic rings. The number of hydrogen-bond acceptors (Lipinski definition) is 2. The Labute approximate surface area is 106 Å². The maximum atomic E-state index is 5.48. The summed E-state index contributed by atoms with van der Waals surface area (Å²) in [6.07, 6.45) is 15.5. The summed E-state index contributed by atoms with van der Waals surface area (Å²) in [7, 11) is 0. The quantitative estimate of drug-likeness (QED) is 0.394. The van der Waals surface area contributed by atoms with Crippen molar-refractivity contribution in [2.24, 2.45) is 0 Å². The predicted octanol–water partition coefficient (Wildman–Crippen LogP) is 4.42. The Kier molecular flexibility index (Phi) is 5.30. The maximum Gasteiger partial charge on any atom is 0.190 e. The van der Waals surface area contributed by atoms with Crippen molar-refractivity contribution in [3.8, 4) is 0 Å². The first-order valence-electron chi connectivity index (χ1n) is 7.67. The normalized spacial score (nSPS) is 29.8. The minimum atomic E-state index is 0.195. The van der Waals surface area contributed by atoms with Gasteiger partial charge in [0.05, 0.1) is 6.61 Å². The van der Waals surface area contributed by atoms with Crippen molar-refractivity contribution < 1.29 is 9.47 Å². The van der Waals surface area contributed by atoms with E-state index in [2.05, 4.69) is 6.92 Å². The minimum Gasteiger partial charge on any atom is -0.346 e. The van der Waals surface area contributed by atoms with Crippen LogP contribution in [0.4, 0.5) is 0 Å². The molecule has 2 aliphatic heterocycles. The monoisotopic (exact) mass is 240 g/mol. The highest BCUT2D eigenvalue weighted by Crippen LogP contribution is 2.50. The van der Waals surface area contributed by atoms with Crippen molar-refractivity contribution in [1.82, 2.24) is 0 Å². The zero-order valence-corrected chi connectivity index (χ0v) is 11.4. The van der Waals surface area contributed by atoms with Crippen molar-refractivity contribution >= 4 is 0 Å². The Morgan fingerprint density at radius 2 is 1.47 bits per heavy atom. The molecule has 2 aliphatic rings. The molecule has 0 amide bonds. The second kappa shape index (κ2) is 6.75. The van der Waals surface area contributed by atoms with Crippen LogP contribution in [0.25, 0.3) is 0 Å². The van der Waals surface area contributed by atoms with Crippen molar-refractivity contribution in [2.75, 3.05) is 6.61 Å². The van der Waals surface area contributed by atoms with Crippen LogP contribution in [0.3, 0.4) is 0 Å². The van der Waals surface area contributed by atoms with E-state index < -0.39 is 0 Å². The van der Waals surface area contributed by atoms with Crippen LogP contribution in [0, 0.1) is 0 Å². The highest BCUT2D eigenvalue weighted by atomic mass is 16.8. The van der Waals surface area contributed by atoms with Gasteiger partial charge < -0.3 is 9.47 Å². The third kappa shape index (κ3) is 3.96. The molecule has 0 aliphatic carbocycles. The lowest BCUT2D eigenvalue weighted by molar-refractivity contribution is -0.00238. The fourth-order valence-corrected chi connectivity index (χ4v) is 2.75. The lowest BCUT2D eigenvalue weighted by atomic mass is 9.98. The van der Waals surface area contributed by atoms with Gasteiger partial charge in [-0.3, -0.25) is 0 Å². The summed E-state index contributed by atoms with van der Waals surface area (Å²) < 4.78 is 10.7. The lowest BCUT2D eigenvalue weighted by Gasteiger charge is -2.19. The molecule has 17 heavy (non-hydrogen) atoms. The molecule has 2 fully saturated rings. The Balaban J connectivity index is 1.28. The molecule has 2 unspecified atom stereocenters. The molecular formula is C15H28O2. The maximum absolute atomic E-state index is 5.48. The van der Waals surface area contributed by atoms with Crippen LogP contribution >= 0.6 is 0 Å². The van der Waals surface area contributed by atoms with Gasteiger partial charge in [-0.05, 0) is 6.42 Å². The van der Waals surface area contributed by atoms with E-state index in [9.17, 15) is 0 Å². The number of ether oxygens (including phenoxy) is 2. The van der Waals surface area contributed by atoms with E-state index in [1.54, 1.807) is 0 Å². The summed E-state index contributed by atoms with van der Waals surface area (Å²) in [6.45, 7) is 3.13. The van der Waals surface area contributed by atoms with Gasteiger partial charge in [-0.1, -0.05) is 71.1 Å². The van der Waals surface area contributed by atoms with Gasteiger partial charge >= 0.3 is 0 Å². The summed E-state index contributed by atoms with van der Waals surface area (Å²) in [4.78, 5) is 0. The molecule has 0 radical (unpaired) electrons. The van der Waals surface area contributed by atoms with Crippen LogP contribution in [0.2, 0.25) is 0 Å². The highest BCUT2D eigenvalue weighted by Gasteiger charge is 2.65. The van der Waals surface area contributed by atoms with E-state index in [0.717, 1.165) is 6.61 Å². The van der Waals surface area contributed by atoms with Crippen molar-refractivity contribution in [2.45, 2.75) is 89.4 Å². The minimum absolute atomic E-state index is 0.195. The van der Waals surface area contributed by atoms with Crippen LogP contribution in [-0.4, -0.2) is 18.5 Å². The molecule has 100 valence electrons. The first kappa shape index (κ1) is 13.4. The van der Waals surface area contributed by atoms with Crippen molar-refractivity contribution in [3.63, 3.8) is 0 Å². The van der Waals surface area contributed by atoms with Gasteiger partial charge in [-0.15, -0.1) is 0 Å². The Morgan fingerprint density at radius 1 is 0.882 bits per heavy atom. The van der Waals surface area contributed by atoms with Gasteiger partial charge in [0.1, 0.15) is 5.60 Å². The largest absolute Gasteiger partial charge is 0.346 e. The third-order valence-electron chi connectivity index (χ3n) is 4.15. The molecule has 0 aromatic heterocycles. The van der Waals surface area contributed by atoms with Gasteiger partial charge in [0, 0.05) is 0 Å². The molecule has 0 saturated carbocycles. The van der Waals surface area contributed by atoms with E-state index in [-0.39, 0.29) is 11.9 Å². The SMILES string of the molecule is CCCCCCCCCCCCC12COC1O2. The zero-order valence-electron chi connectivity index (χ0n) is 11.4. The topological polar surface area (TPSA) is 21.8 Å². The van der Waals surface area contributed by atoms with Crippen LogP contribution in [0.5, 0.6) is 0 Å². The number of rotatable bonds is 11. The smallest absolute Gasteiger partial charge is 0.190 e. The molecule has 0 bridgehead atoms.